The second kappa shape index (κ2) is 12.2. The number of pyridine rings is 1. The van der Waals surface area contributed by atoms with Gasteiger partial charge in [0.25, 0.3) is 5.91 Å². The SMILES string of the molecule is CCCOC(=O)c1cc(CN2CCN(c3ccccn3)CC2)ccc1NC(=O)c1ccccc1OC. The minimum Gasteiger partial charge on any atom is -0.496 e. The van der Waals surface area contributed by atoms with Gasteiger partial charge in [0, 0.05) is 38.9 Å². The third-order valence-corrected chi connectivity index (χ3v) is 6.09. The number of methoxy groups -OCH3 is 1. The van der Waals surface area contributed by atoms with Gasteiger partial charge in [-0.1, -0.05) is 31.2 Å². The summed E-state index contributed by atoms with van der Waals surface area (Å²) in [5.74, 6) is 0.657. The van der Waals surface area contributed by atoms with Crippen LogP contribution in [0.4, 0.5) is 11.5 Å². The summed E-state index contributed by atoms with van der Waals surface area (Å²) >= 11 is 0. The van der Waals surface area contributed by atoms with E-state index in [2.05, 4.69) is 20.1 Å². The molecule has 0 radical (unpaired) electrons. The van der Waals surface area contributed by atoms with Gasteiger partial charge < -0.3 is 19.7 Å². The fraction of sp³-hybridized carbons (Fsp3) is 0.321. The first-order valence-electron chi connectivity index (χ1n) is 12.2. The Bertz CT molecular complexity index is 1180. The van der Waals surface area contributed by atoms with Gasteiger partial charge in [0.15, 0.2) is 0 Å². The Balaban J connectivity index is 1.48. The molecule has 0 aliphatic carbocycles. The molecule has 4 rings (SSSR count). The number of carbonyl (C=O) groups is 2. The Hall–Kier alpha value is -3.91. The third-order valence-electron chi connectivity index (χ3n) is 6.09. The molecule has 3 aromatic rings. The van der Waals surface area contributed by atoms with Gasteiger partial charge in [-0.25, -0.2) is 9.78 Å². The Morgan fingerprint density at radius 2 is 1.75 bits per heavy atom. The summed E-state index contributed by atoms with van der Waals surface area (Å²) in [7, 11) is 1.52. The van der Waals surface area contributed by atoms with E-state index in [0.29, 0.717) is 35.7 Å². The highest BCUT2D eigenvalue weighted by Crippen LogP contribution is 2.24. The quantitative estimate of drug-likeness (QED) is 0.451. The molecule has 2 heterocycles. The van der Waals surface area contributed by atoms with Crippen LogP contribution in [0.5, 0.6) is 5.75 Å². The second-order valence-electron chi connectivity index (χ2n) is 8.62. The minimum absolute atomic E-state index is 0.318. The molecular formula is C28H32N4O4. The first-order valence-corrected chi connectivity index (χ1v) is 12.2. The van der Waals surface area contributed by atoms with E-state index in [1.165, 1.54) is 7.11 Å². The van der Waals surface area contributed by atoms with Crippen molar-refractivity contribution in [3.8, 4) is 5.75 Å². The van der Waals surface area contributed by atoms with Crippen molar-refractivity contribution in [2.45, 2.75) is 19.9 Å². The van der Waals surface area contributed by atoms with Crippen LogP contribution in [0.2, 0.25) is 0 Å². The van der Waals surface area contributed by atoms with Gasteiger partial charge in [-0.15, -0.1) is 0 Å². The molecule has 36 heavy (non-hydrogen) atoms. The van der Waals surface area contributed by atoms with Gasteiger partial charge in [-0.05, 0) is 48.4 Å². The highest BCUT2D eigenvalue weighted by molar-refractivity contribution is 6.09. The number of benzene rings is 2. The summed E-state index contributed by atoms with van der Waals surface area (Å²) < 4.78 is 10.7. The van der Waals surface area contributed by atoms with E-state index in [4.69, 9.17) is 9.47 Å². The molecule has 0 spiro atoms. The molecule has 0 unspecified atom stereocenters. The zero-order valence-corrected chi connectivity index (χ0v) is 20.8. The number of rotatable bonds is 9. The number of piperazine rings is 1. The number of aromatic nitrogens is 1. The standard InChI is InChI=1S/C28H32N4O4/c1-3-18-36-28(34)23-19-21(20-31-14-16-32(17-15-31)26-10-6-7-13-29-26)11-12-24(23)30-27(33)22-8-4-5-9-25(22)35-2/h4-13,19H,3,14-18,20H2,1-2H3,(H,30,33). The Labute approximate surface area is 211 Å². The van der Waals surface area contributed by atoms with Gasteiger partial charge >= 0.3 is 5.97 Å². The Kier molecular flexibility index (Phi) is 8.52. The predicted octanol–water partition coefficient (Wildman–Crippen LogP) is 4.23. The largest absolute Gasteiger partial charge is 0.496 e. The van der Waals surface area contributed by atoms with E-state index in [1.807, 2.05) is 43.5 Å². The molecule has 2 aromatic carbocycles. The van der Waals surface area contributed by atoms with E-state index in [0.717, 1.165) is 44.0 Å². The lowest BCUT2D eigenvalue weighted by atomic mass is 10.1. The Morgan fingerprint density at radius 3 is 2.47 bits per heavy atom. The number of hydrogen-bond acceptors (Lipinski definition) is 7. The van der Waals surface area contributed by atoms with Crippen molar-refractivity contribution in [2.24, 2.45) is 0 Å². The number of hydrogen-bond donors (Lipinski definition) is 1. The van der Waals surface area contributed by atoms with Crippen molar-refractivity contribution in [1.82, 2.24) is 9.88 Å². The molecule has 1 amide bonds. The first-order chi connectivity index (χ1) is 17.6. The van der Waals surface area contributed by atoms with Crippen LogP contribution in [0.1, 0.15) is 39.6 Å². The van der Waals surface area contributed by atoms with E-state index in [-0.39, 0.29) is 5.91 Å². The van der Waals surface area contributed by atoms with Crippen LogP contribution in [0.15, 0.2) is 66.9 Å². The first kappa shape index (κ1) is 25.2. The molecule has 1 saturated heterocycles. The van der Waals surface area contributed by atoms with Crippen LogP contribution in [0.3, 0.4) is 0 Å². The van der Waals surface area contributed by atoms with E-state index < -0.39 is 5.97 Å². The molecule has 1 aliphatic heterocycles. The number of amides is 1. The van der Waals surface area contributed by atoms with E-state index >= 15 is 0 Å². The molecule has 1 N–H and O–H groups in total. The third kappa shape index (κ3) is 6.20. The normalized spacial score (nSPS) is 13.8. The fourth-order valence-corrected chi connectivity index (χ4v) is 4.20. The molecule has 1 fully saturated rings. The van der Waals surface area contributed by atoms with Crippen molar-refractivity contribution in [1.29, 1.82) is 0 Å². The molecule has 1 aliphatic rings. The van der Waals surface area contributed by atoms with Crippen molar-refractivity contribution < 1.29 is 19.1 Å². The highest BCUT2D eigenvalue weighted by atomic mass is 16.5. The molecule has 188 valence electrons. The fourth-order valence-electron chi connectivity index (χ4n) is 4.20. The number of anilines is 2. The Morgan fingerprint density at radius 1 is 0.972 bits per heavy atom. The smallest absolute Gasteiger partial charge is 0.340 e. The number of nitrogens with zero attached hydrogens (tertiary/aromatic N) is 3. The number of ether oxygens (including phenoxy) is 2. The predicted molar refractivity (Wildman–Crippen MR) is 140 cm³/mol. The van der Waals surface area contributed by atoms with Crippen molar-refractivity contribution in [2.75, 3.05) is 50.1 Å². The van der Waals surface area contributed by atoms with Crippen LogP contribution >= 0.6 is 0 Å². The lowest BCUT2D eigenvalue weighted by Crippen LogP contribution is -2.46. The number of esters is 1. The number of carbonyl (C=O) groups excluding carboxylic acids is 2. The molecule has 0 saturated carbocycles. The van der Waals surface area contributed by atoms with Gasteiger partial charge in [0.2, 0.25) is 0 Å². The molecule has 0 bridgehead atoms. The maximum atomic E-state index is 13.0. The number of para-hydroxylation sites is 1. The van der Waals surface area contributed by atoms with Crippen LogP contribution in [0.25, 0.3) is 0 Å². The van der Waals surface area contributed by atoms with Gasteiger partial charge in [-0.3, -0.25) is 9.69 Å². The second-order valence-corrected chi connectivity index (χ2v) is 8.62. The lowest BCUT2D eigenvalue weighted by Gasteiger charge is -2.35. The summed E-state index contributed by atoms with van der Waals surface area (Å²) in [4.78, 5) is 34.9. The summed E-state index contributed by atoms with van der Waals surface area (Å²) in [6, 6.07) is 18.5. The van der Waals surface area contributed by atoms with E-state index in [1.54, 1.807) is 30.3 Å². The zero-order valence-electron chi connectivity index (χ0n) is 20.8. The van der Waals surface area contributed by atoms with Crippen LogP contribution in [-0.4, -0.2) is 61.7 Å². The summed E-state index contributed by atoms with van der Waals surface area (Å²) in [6.45, 7) is 6.50. The van der Waals surface area contributed by atoms with Crippen molar-refractivity contribution in [3.05, 3.63) is 83.6 Å². The lowest BCUT2D eigenvalue weighted by molar-refractivity contribution is 0.0506. The monoisotopic (exact) mass is 488 g/mol. The summed E-state index contributed by atoms with van der Waals surface area (Å²) in [6.07, 6.45) is 2.53. The van der Waals surface area contributed by atoms with Gasteiger partial charge in [0.1, 0.15) is 11.6 Å². The average molecular weight is 489 g/mol. The van der Waals surface area contributed by atoms with E-state index in [9.17, 15) is 9.59 Å². The molecule has 0 atom stereocenters. The van der Waals surface area contributed by atoms with Crippen LogP contribution in [0, 0.1) is 0 Å². The summed E-state index contributed by atoms with van der Waals surface area (Å²) in [5.41, 5.74) is 2.13. The average Bonchev–Trinajstić information content (AvgIpc) is 2.93. The molecular weight excluding hydrogens is 456 g/mol. The maximum absolute atomic E-state index is 13.0. The van der Waals surface area contributed by atoms with Crippen molar-refractivity contribution in [3.63, 3.8) is 0 Å². The maximum Gasteiger partial charge on any atom is 0.340 e. The highest BCUT2D eigenvalue weighted by Gasteiger charge is 2.21. The minimum atomic E-state index is -0.450. The van der Waals surface area contributed by atoms with Gasteiger partial charge in [0.05, 0.1) is 30.5 Å². The van der Waals surface area contributed by atoms with Crippen LogP contribution in [-0.2, 0) is 11.3 Å². The van der Waals surface area contributed by atoms with Crippen LogP contribution < -0.4 is 15.0 Å². The van der Waals surface area contributed by atoms with Gasteiger partial charge in [-0.2, -0.15) is 0 Å². The molecule has 8 heteroatoms. The van der Waals surface area contributed by atoms with Crippen molar-refractivity contribution >= 4 is 23.4 Å². The molecule has 8 nitrogen and oxygen atoms in total. The zero-order chi connectivity index (χ0) is 25.3. The number of nitrogens with one attached hydrogen (secondary N) is 1. The topological polar surface area (TPSA) is 84.0 Å². The summed E-state index contributed by atoms with van der Waals surface area (Å²) in [5, 5.41) is 2.87. The molecule has 1 aromatic heterocycles.